The lowest BCUT2D eigenvalue weighted by molar-refractivity contribution is -0.137. The van der Waals surface area contributed by atoms with Crippen LogP contribution in [0.3, 0.4) is 0 Å². The summed E-state index contributed by atoms with van der Waals surface area (Å²) in [5.41, 5.74) is 6.62. The lowest BCUT2D eigenvalue weighted by Crippen LogP contribution is -2.50. The van der Waals surface area contributed by atoms with Gasteiger partial charge in [0, 0.05) is 19.6 Å². The van der Waals surface area contributed by atoms with Gasteiger partial charge in [0.15, 0.2) is 0 Å². The van der Waals surface area contributed by atoms with Gasteiger partial charge in [0.1, 0.15) is 6.04 Å². The van der Waals surface area contributed by atoms with E-state index in [0.29, 0.717) is 0 Å². The largest absolute Gasteiger partial charge is 0.344 e. The highest BCUT2D eigenvalue weighted by molar-refractivity contribution is 5.90. The molecule has 0 saturated carbocycles. The molecule has 23 heavy (non-hydrogen) atoms. The van der Waals surface area contributed by atoms with Crippen molar-refractivity contribution in [3.63, 3.8) is 0 Å². The Morgan fingerprint density at radius 1 is 1.17 bits per heavy atom. The molecule has 2 unspecified atom stereocenters. The molecule has 1 aliphatic heterocycles. The number of hydrogen-bond donors (Lipinski definition) is 2. The van der Waals surface area contributed by atoms with E-state index in [1.807, 2.05) is 35.2 Å². The Balaban J connectivity index is 0.00000264. The SMILES string of the molecule is CC(NC(=O)C(CN)c1ccccc1)C(=O)N1CCCCC1.Cl. The molecule has 0 bridgehead atoms. The monoisotopic (exact) mass is 339 g/mol. The van der Waals surface area contributed by atoms with Crippen LogP contribution in [0.15, 0.2) is 30.3 Å². The molecule has 1 heterocycles. The number of rotatable bonds is 5. The molecule has 128 valence electrons. The van der Waals surface area contributed by atoms with Crippen molar-refractivity contribution in [2.24, 2.45) is 5.73 Å². The van der Waals surface area contributed by atoms with Crippen LogP contribution in [0, 0.1) is 0 Å². The number of amides is 2. The fraction of sp³-hybridized carbons (Fsp3) is 0.529. The molecule has 1 aromatic carbocycles. The number of hydrogen-bond acceptors (Lipinski definition) is 3. The van der Waals surface area contributed by atoms with E-state index in [9.17, 15) is 9.59 Å². The molecule has 0 aliphatic carbocycles. The minimum Gasteiger partial charge on any atom is -0.344 e. The number of halogens is 1. The maximum atomic E-state index is 12.4. The van der Waals surface area contributed by atoms with E-state index in [0.717, 1.165) is 31.5 Å². The van der Waals surface area contributed by atoms with Gasteiger partial charge >= 0.3 is 0 Å². The van der Waals surface area contributed by atoms with Gasteiger partial charge in [0.25, 0.3) is 0 Å². The standard InChI is InChI=1S/C17H25N3O2.ClH/c1-13(17(22)20-10-6-3-7-11-20)19-16(21)15(12-18)14-8-4-2-5-9-14;/h2,4-5,8-9,13,15H,3,6-7,10-12,18H2,1H3,(H,19,21);1H. The quantitative estimate of drug-likeness (QED) is 0.856. The summed E-state index contributed by atoms with van der Waals surface area (Å²) in [7, 11) is 0. The fourth-order valence-electron chi connectivity index (χ4n) is 2.84. The van der Waals surface area contributed by atoms with Crippen molar-refractivity contribution in [2.75, 3.05) is 19.6 Å². The molecule has 1 aromatic rings. The van der Waals surface area contributed by atoms with Crippen LogP contribution in [0.25, 0.3) is 0 Å². The van der Waals surface area contributed by atoms with Crippen molar-refractivity contribution in [3.05, 3.63) is 35.9 Å². The Labute approximate surface area is 144 Å². The first kappa shape index (κ1) is 19.5. The minimum atomic E-state index is -0.511. The van der Waals surface area contributed by atoms with Gasteiger partial charge in [-0.15, -0.1) is 12.4 Å². The van der Waals surface area contributed by atoms with Crippen LogP contribution in [0.2, 0.25) is 0 Å². The van der Waals surface area contributed by atoms with E-state index in [-0.39, 0.29) is 30.8 Å². The van der Waals surface area contributed by atoms with Crippen molar-refractivity contribution in [2.45, 2.75) is 38.1 Å². The average Bonchev–Trinajstić information content (AvgIpc) is 2.56. The van der Waals surface area contributed by atoms with Crippen molar-refractivity contribution >= 4 is 24.2 Å². The highest BCUT2D eigenvalue weighted by Crippen LogP contribution is 2.15. The summed E-state index contributed by atoms with van der Waals surface area (Å²) in [5.74, 6) is -0.610. The van der Waals surface area contributed by atoms with Crippen LogP contribution in [0.5, 0.6) is 0 Å². The van der Waals surface area contributed by atoms with E-state index in [1.54, 1.807) is 6.92 Å². The molecule has 2 atom stereocenters. The van der Waals surface area contributed by atoms with E-state index in [2.05, 4.69) is 5.32 Å². The maximum Gasteiger partial charge on any atom is 0.244 e. The summed E-state index contributed by atoms with van der Waals surface area (Å²) < 4.78 is 0. The zero-order valence-electron chi connectivity index (χ0n) is 13.5. The van der Waals surface area contributed by atoms with Crippen molar-refractivity contribution in [3.8, 4) is 0 Å². The third kappa shape index (κ3) is 5.22. The number of carbonyl (C=O) groups excluding carboxylic acids is 2. The number of piperidine rings is 1. The van der Waals surface area contributed by atoms with Crippen LogP contribution in [0.4, 0.5) is 0 Å². The Hall–Kier alpha value is -1.59. The number of nitrogens with one attached hydrogen (secondary N) is 1. The molecule has 6 heteroatoms. The molecule has 0 radical (unpaired) electrons. The second kappa shape index (κ2) is 9.53. The summed E-state index contributed by atoms with van der Waals surface area (Å²) in [6.45, 7) is 3.55. The molecule has 2 amide bonds. The minimum absolute atomic E-state index is 0. The molecule has 1 saturated heterocycles. The van der Waals surface area contributed by atoms with Crippen LogP contribution < -0.4 is 11.1 Å². The van der Waals surface area contributed by atoms with Crippen molar-refractivity contribution < 1.29 is 9.59 Å². The first-order valence-corrected chi connectivity index (χ1v) is 7.97. The molecule has 5 nitrogen and oxygen atoms in total. The Morgan fingerprint density at radius 3 is 2.35 bits per heavy atom. The van der Waals surface area contributed by atoms with Gasteiger partial charge in [-0.3, -0.25) is 9.59 Å². The van der Waals surface area contributed by atoms with Crippen LogP contribution in [-0.4, -0.2) is 42.4 Å². The maximum absolute atomic E-state index is 12.4. The third-order valence-corrected chi connectivity index (χ3v) is 4.15. The average molecular weight is 340 g/mol. The number of carbonyl (C=O) groups is 2. The highest BCUT2D eigenvalue weighted by Gasteiger charge is 2.26. The van der Waals surface area contributed by atoms with Gasteiger partial charge in [-0.25, -0.2) is 0 Å². The molecule has 3 N–H and O–H groups in total. The number of benzene rings is 1. The molecule has 1 fully saturated rings. The lowest BCUT2D eigenvalue weighted by atomic mass is 9.98. The van der Waals surface area contributed by atoms with Crippen molar-refractivity contribution in [1.29, 1.82) is 0 Å². The van der Waals surface area contributed by atoms with Crippen LogP contribution >= 0.6 is 12.4 Å². The highest BCUT2D eigenvalue weighted by atomic mass is 35.5. The van der Waals surface area contributed by atoms with Gasteiger partial charge in [0.05, 0.1) is 5.92 Å². The van der Waals surface area contributed by atoms with E-state index >= 15 is 0 Å². The van der Waals surface area contributed by atoms with E-state index < -0.39 is 12.0 Å². The molecular weight excluding hydrogens is 314 g/mol. The predicted octanol–water partition coefficient (Wildman–Crippen LogP) is 1.67. The lowest BCUT2D eigenvalue weighted by Gasteiger charge is -2.30. The first-order chi connectivity index (χ1) is 10.6. The number of nitrogens with zero attached hydrogens (tertiary/aromatic N) is 1. The molecule has 2 rings (SSSR count). The third-order valence-electron chi connectivity index (χ3n) is 4.15. The Bertz CT molecular complexity index is 504. The second-order valence-corrected chi connectivity index (χ2v) is 5.82. The van der Waals surface area contributed by atoms with Gasteiger partial charge in [0.2, 0.25) is 11.8 Å². The fourth-order valence-corrected chi connectivity index (χ4v) is 2.84. The summed E-state index contributed by atoms with van der Waals surface area (Å²) in [4.78, 5) is 26.6. The topological polar surface area (TPSA) is 75.4 Å². The second-order valence-electron chi connectivity index (χ2n) is 5.82. The Morgan fingerprint density at radius 2 is 1.78 bits per heavy atom. The Kier molecular flexibility index (Phi) is 8.06. The molecule has 1 aliphatic rings. The normalized spacial score (nSPS) is 16.9. The van der Waals surface area contributed by atoms with Crippen LogP contribution in [-0.2, 0) is 9.59 Å². The van der Waals surface area contributed by atoms with Gasteiger partial charge in [-0.2, -0.15) is 0 Å². The zero-order valence-corrected chi connectivity index (χ0v) is 14.3. The van der Waals surface area contributed by atoms with Gasteiger partial charge in [-0.05, 0) is 31.7 Å². The predicted molar refractivity (Wildman–Crippen MR) is 93.5 cm³/mol. The number of likely N-dealkylation sites (tertiary alicyclic amines) is 1. The number of nitrogens with two attached hydrogens (primary N) is 1. The molecule has 0 spiro atoms. The zero-order chi connectivity index (χ0) is 15.9. The summed E-state index contributed by atoms with van der Waals surface area (Å²) in [5, 5.41) is 2.82. The van der Waals surface area contributed by atoms with Crippen molar-refractivity contribution in [1.82, 2.24) is 10.2 Å². The summed E-state index contributed by atoms with van der Waals surface area (Å²) in [6.07, 6.45) is 3.26. The van der Waals surface area contributed by atoms with Gasteiger partial charge < -0.3 is 16.0 Å². The van der Waals surface area contributed by atoms with Crippen LogP contribution in [0.1, 0.15) is 37.7 Å². The van der Waals surface area contributed by atoms with Gasteiger partial charge in [-0.1, -0.05) is 30.3 Å². The smallest absolute Gasteiger partial charge is 0.244 e. The van der Waals surface area contributed by atoms with E-state index in [4.69, 9.17) is 5.73 Å². The molecule has 0 aromatic heterocycles. The molecular formula is C17H26ClN3O2. The van der Waals surface area contributed by atoms with E-state index in [1.165, 1.54) is 6.42 Å². The first-order valence-electron chi connectivity index (χ1n) is 7.97. The summed E-state index contributed by atoms with van der Waals surface area (Å²) >= 11 is 0. The summed E-state index contributed by atoms with van der Waals surface area (Å²) in [6, 6.07) is 8.92.